The van der Waals surface area contributed by atoms with Crippen LogP contribution in [0.4, 0.5) is 0 Å². The predicted octanol–water partition coefficient (Wildman–Crippen LogP) is 2.29. The van der Waals surface area contributed by atoms with Gasteiger partial charge in [-0.25, -0.2) is 0 Å². The first-order chi connectivity index (χ1) is 8.95. The molecule has 0 aromatic carbocycles. The fourth-order valence-corrected chi connectivity index (χ4v) is 4.67. The van der Waals surface area contributed by atoms with Gasteiger partial charge in [0, 0.05) is 46.3 Å². The van der Waals surface area contributed by atoms with Gasteiger partial charge in [-0.3, -0.25) is 0 Å². The zero-order valence-corrected chi connectivity index (χ0v) is 12.8. The molecule has 1 saturated carbocycles. The fourth-order valence-electron chi connectivity index (χ4n) is 3.81. The van der Waals surface area contributed by atoms with Gasteiger partial charge in [-0.1, -0.05) is 13.8 Å². The molecule has 1 saturated heterocycles. The Balaban J connectivity index is 1.60. The van der Waals surface area contributed by atoms with Crippen LogP contribution >= 0.6 is 11.3 Å². The fraction of sp³-hybridized carbons (Fsp3) is 0.733. The van der Waals surface area contributed by atoms with E-state index in [0.717, 1.165) is 26.1 Å². The van der Waals surface area contributed by atoms with Crippen LogP contribution in [0.5, 0.6) is 0 Å². The van der Waals surface area contributed by atoms with Crippen molar-refractivity contribution in [1.29, 1.82) is 0 Å². The standard InChI is InChI=1S/C15H24N2OS/c1-10-4-5-11(19-10)8-17-9-15(16)12-6-7-18-13(12)14(15,2)3/h4-5,12-13,17H,6-9,16H2,1-3H3. The number of fused-ring (bicyclic) bond motifs is 1. The average molecular weight is 280 g/mol. The van der Waals surface area contributed by atoms with Crippen LogP contribution in [0.3, 0.4) is 0 Å². The molecule has 1 aliphatic heterocycles. The van der Waals surface area contributed by atoms with E-state index >= 15 is 0 Å². The van der Waals surface area contributed by atoms with Crippen LogP contribution in [0.25, 0.3) is 0 Å². The zero-order valence-electron chi connectivity index (χ0n) is 12.0. The Kier molecular flexibility index (Phi) is 3.25. The van der Waals surface area contributed by atoms with Crippen molar-refractivity contribution in [2.45, 2.75) is 45.4 Å². The Morgan fingerprint density at radius 2 is 2.26 bits per heavy atom. The summed E-state index contributed by atoms with van der Waals surface area (Å²) in [4.78, 5) is 2.75. The molecule has 0 amide bonds. The summed E-state index contributed by atoms with van der Waals surface area (Å²) in [7, 11) is 0. The third-order valence-corrected chi connectivity index (χ3v) is 6.18. The number of nitrogens with one attached hydrogen (secondary N) is 1. The predicted molar refractivity (Wildman–Crippen MR) is 79.3 cm³/mol. The molecule has 3 N–H and O–H groups in total. The van der Waals surface area contributed by atoms with Crippen LogP contribution in [0, 0.1) is 18.3 Å². The van der Waals surface area contributed by atoms with E-state index in [1.807, 2.05) is 11.3 Å². The Morgan fingerprint density at radius 3 is 2.95 bits per heavy atom. The van der Waals surface area contributed by atoms with Crippen LogP contribution in [0.15, 0.2) is 12.1 Å². The number of aryl methyl sites for hydroxylation is 1. The molecule has 1 aromatic heterocycles. The SMILES string of the molecule is Cc1ccc(CNCC2(N)C3CCOC3C2(C)C)s1. The van der Waals surface area contributed by atoms with E-state index in [1.165, 1.54) is 9.75 Å². The number of rotatable bonds is 4. The molecule has 1 aromatic rings. The monoisotopic (exact) mass is 280 g/mol. The molecule has 0 radical (unpaired) electrons. The summed E-state index contributed by atoms with van der Waals surface area (Å²) < 4.78 is 5.82. The molecule has 19 heavy (non-hydrogen) atoms. The van der Waals surface area contributed by atoms with Crippen LogP contribution in [0.1, 0.15) is 30.0 Å². The van der Waals surface area contributed by atoms with Crippen molar-refractivity contribution in [3.05, 3.63) is 21.9 Å². The third-order valence-electron chi connectivity index (χ3n) is 5.18. The van der Waals surface area contributed by atoms with E-state index in [1.54, 1.807) is 0 Å². The first-order valence-corrected chi connectivity index (χ1v) is 7.93. The van der Waals surface area contributed by atoms with Crippen LogP contribution < -0.4 is 11.1 Å². The summed E-state index contributed by atoms with van der Waals surface area (Å²) in [5.41, 5.74) is 6.65. The minimum atomic E-state index is -0.125. The lowest BCUT2D eigenvalue weighted by atomic mass is 9.48. The zero-order chi connectivity index (χ0) is 13.7. The molecule has 2 heterocycles. The maximum atomic E-state index is 6.70. The van der Waals surface area contributed by atoms with E-state index in [0.29, 0.717) is 12.0 Å². The first kappa shape index (κ1) is 13.6. The maximum absolute atomic E-state index is 6.70. The van der Waals surface area contributed by atoms with Crippen molar-refractivity contribution in [3.8, 4) is 0 Å². The molecule has 4 heteroatoms. The van der Waals surface area contributed by atoms with E-state index in [2.05, 4.69) is 38.2 Å². The summed E-state index contributed by atoms with van der Waals surface area (Å²) in [6.45, 7) is 9.32. The highest BCUT2D eigenvalue weighted by Gasteiger charge is 2.67. The average Bonchev–Trinajstić information content (AvgIpc) is 2.97. The van der Waals surface area contributed by atoms with E-state index < -0.39 is 0 Å². The van der Waals surface area contributed by atoms with Crippen LogP contribution in [-0.4, -0.2) is 24.8 Å². The Morgan fingerprint density at radius 1 is 1.47 bits per heavy atom. The number of thiophene rings is 1. The Bertz CT molecular complexity index is 470. The number of hydrogen-bond donors (Lipinski definition) is 2. The molecule has 2 aliphatic rings. The second-order valence-electron chi connectivity index (χ2n) is 6.56. The molecule has 0 bridgehead atoms. The largest absolute Gasteiger partial charge is 0.377 e. The lowest BCUT2D eigenvalue weighted by molar-refractivity contribution is -0.153. The van der Waals surface area contributed by atoms with E-state index in [4.69, 9.17) is 10.5 Å². The van der Waals surface area contributed by atoms with Gasteiger partial charge in [0.25, 0.3) is 0 Å². The van der Waals surface area contributed by atoms with Gasteiger partial charge >= 0.3 is 0 Å². The lowest BCUT2D eigenvalue weighted by Crippen LogP contribution is -2.77. The summed E-state index contributed by atoms with van der Waals surface area (Å²) >= 11 is 1.86. The van der Waals surface area contributed by atoms with E-state index in [-0.39, 0.29) is 11.0 Å². The topological polar surface area (TPSA) is 47.3 Å². The van der Waals surface area contributed by atoms with Crippen LogP contribution in [-0.2, 0) is 11.3 Å². The molecule has 1 aliphatic carbocycles. The summed E-state index contributed by atoms with van der Waals surface area (Å²) in [6.07, 6.45) is 1.48. The highest BCUT2D eigenvalue weighted by atomic mass is 32.1. The van der Waals surface area contributed by atoms with Gasteiger partial charge in [0.1, 0.15) is 0 Å². The second kappa shape index (κ2) is 4.55. The second-order valence-corrected chi connectivity index (χ2v) is 7.94. The molecule has 106 valence electrons. The van der Waals surface area contributed by atoms with E-state index in [9.17, 15) is 0 Å². The quantitative estimate of drug-likeness (QED) is 0.889. The van der Waals surface area contributed by atoms with Gasteiger partial charge in [0.15, 0.2) is 0 Å². The summed E-state index contributed by atoms with van der Waals surface area (Å²) in [6, 6.07) is 4.37. The normalized spacial score (nSPS) is 36.0. The van der Waals surface area contributed by atoms with Gasteiger partial charge in [-0.2, -0.15) is 0 Å². The number of ether oxygens (including phenoxy) is 1. The summed E-state index contributed by atoms with van der Waals surface area (Å²) in [5, 5.41) is 3.56. The minimum absolute atomic E-state index is 0.0759. The Labute approximate surface area is 119 Å². The first-order valence-electron chi connectivity index (χ1n) is 7.12. The number of nitrogens with two attached hydrogens (primary N) is 1. The summed E-state index contributed by atoms with van der Waals surface area (Å²) in [5.74, 6) is 0.528. The maximum Gasteiger partial charge on any atom is 0.0691 e. The number of hydrogen-bond acceptors (Lipinski definition) is 4. The van der Waals surface area contributed by atoms with Gasteiger partial charge in [0.05, 0.1) is 6.10 Å². The molecule has 3 unspecified atom stereocenters. The molecule has 3 rings (SSSR count). The lowest BCUT2D eigenvalue weighted by Gasteiger charge is -2.62. The van der Waals surface area contributed by atoms with Gasteiger partial charge in [-0.05, 0) is 25.5 Å². The molecular formula is C15H24N2OS. The van der Waals surface area contributed by atoms with Crippen molar-refractivity contribution in [2.75, 3.05) is 13.2 Å². The van der Waals surface area contributed by atoms with Gasteiger partial charge < -0.3 is 15.8 Å². The smallest absolute Gasteiger partial charge is 0.0691 e. The van der Waals surface area contributed by atoms with Gasteiger partial charge in [-0.15, -0.1) is 11.3 Å². The minimum Gasteiger partial charge on any atom is -0.377 e. The van der Waals surface area contributed by atoms with Crippen molar-refractivity contribution in [2.24, 2.45) is 17.1 Å². The van der Waals surface area contributed by atoms with Crippen molar-refractivity contribution < 1.29 is 4.74 Å². The van der Waals surface area contributed by atoms with Crippen molar-refractivity contribution in [3.63, 3.8) is 0 Å². The molecule has 3 atom stereocenters. The highest BCUT2D eigenvalue weighted by molar-refractivity contribution is 7.11. The highest BCUT2D eigenvalue weighted by Crippen LogP contribution is 2.57. The van der Waals surface area contributed by atoms with Crippen LogP contribution in [0.2, 0.25) is 0 Å². The Hall–Kier alpha value is -0.420. The third kappa shape index (κ3) is 1.97. The molecular weight excluding hydrogens is 256 g/mol. The van der Waals surface area contributed by atoms with Crippen molar-refractivity contribution >= 4 is 11.3 Å². The molecule has 3 nitrogen and oxygen atoms in total. The molecule has 0 spiro atoms. The van der Waals surface area contributed by atoms with Crippen molar-refractivity contribution in [1.82, 2.24) is 5.32 Å². The molecule has 2 fully saturated rings. The van der Waals surface area contributed by atoms with Gasteiger partial charge in [0.2, 0.25) is 0 Å².